The maximum absolute atomic E-state index is 12.2. The number of fused-ring (bicyclic) bond motifs is 1. The van der Waals surface area contributed by atoms with Crippen LogP contribution < -0.4 is 24.3 Å². The molecule has 2 heterocycles. The highest BCUT2D eigenvalue weighted by Crippen LogP contribution is 2.38. The first-order chi connectivity index (χ1) is 12.4. The van der Waals surface area contributed by atoms with Crippen molar-refractivity contribution in [1.82, 2.24) is 14.6 Å². The number of ether oxygens (including phenoxy) is 3. The highest BCUT2D eigenvalue weighted by Gasteiger charge is 2.13. The SMILES string of the molecule is CC(=O)O.COc1cc(/C=c2\sc3ncnn3c2=O)cc(OC)c1OC. The van der Waals surface area contributed by atoms with Gasteiger partial charge in [0.2, 0.25) is 10.7 Å². The van der Waals surface area contributed by atoms with E-state index in [4.69, 9.17) is 24.1 Å². The molecule has 0 aliphatic heterocycles. The Bertz CT molecular complexity index is 997. The van der Waals surface area contributed by atoms with Crippen LogP contribution in [0, 0.1) is 0 Å². The van der Waals surface area contributed by atoms with Crippen LogP contribution in [0.3, 0.4) is 0 Å². The smallest absolute Gasteiger partial charge is 0.300 e. The summed E-state index contributed by atoms with van der Waals surface area (Å²) in [6.07, 6.45) is 3.10. The van der Waals surface area contributed by atoms with Crippen molar-refractivity contribution in [2.24, 2.45) is 0 Å². The van der Waals surface area contributed by atoms with Gasteiger partial charge in [-0.2, -0.15) is 9.61 Å². The summed E-state index contributed by atoms with van der Waals surface area (Å²) in [7, 11) is 4.63. The van der Waals surface area contributed by atoms with E-state index in [-0.39, 0.29) is 5.56 Å². The number of thiazole rings is 1. The zero-order valence-corrected chi connectivity index (χ0v) is 15.4. The topological polar surface area (TPSA) is 112 Å². The molecule has 1 aromatic carbocycles. The molecule has 0 saturated heterocycles. The van der Waals surface area contributed by atoms with Gasteiger partial charge in [0.25, 0.3) is 11.5 Å². The Kier molecular flexibility index (Phi) is 6.12. The van der Waals surface area contributed by atoms with Crippen molar-refractivity contribution in [1.29, 1.82) is 0 Å². The van der Waals surface area contributed by atoms with Crippen molar-refractivity contribution in [3.05, 3.63) is 38.9 Å². The van der Waals surface area contributed by atoms with Crippen molar-refractivity contribution in [2.45, 2.75) is 6.92 Å². The largest absolute Gasteiger partial charge is 0.493 e. The molecule has 1 N–H and O–H groups in total. The maximum atomic E-state index is 12.2. The molecule has 0 radical (unpaired) electrons. The highest BCUT2D eigenvalue weighted by molar-refractivity contribution is 7.15. The van der Waals surface area contributed by atoms with Crippen LogP contribution in [0.25, 0.3) is 11.0 Å². The van der Waals surface area contributed by atoms with Gasteiger partial charge in [-0.15, -0.1) is 0 Å². The summed E-state index contributed by atoms with van der Waals surface area (Å²) in [5.41, 5.74) is 0.558. The van der Waals surface area contributed by atoms with Crippen LogP contribution in [0.4, 0.5) is 0 Å². The molecule has 0 saturated carbocycles. The average molecular weight is 379 g/mol. The lowest BCUT2D eigenvalue weighted by Gasteiger charge is -2.12. The van der Waals surface area contributed by atoms with Gasteiger partial charge in [-0.25, -0.2) is 4.98 Å². The summed E-state index contributed by atoms with van der Waals surface area (Å²) < 4.78 is 17.7. The zero-order valence-electron chi connectivity index (χ0n) is 14.5. The fourth-order valence-corrected chi connectivity index (χ4v) is 3.00. The van der Waals surface area contributed by atoms with Gasteiger partial charge in [-0.3, -0.25) is 9.59 Å². The fraction of sp³-hybridized carbons (Fsp3) is 0.250. The van der Waals surface area contributed by atoms with Crippen molar-refractivity contribution >= 4 is 28.3 Å². The van der Waals surface area contributed by atoms with Gasteiger partial charge in [-0.1, -0.05) is 11.3 Å². The first kappa shape index (κ1) is 19.2. The van der Waals surface area contributed by atoms with Crippen LogP contribution in [0.15, 0.2) is 23.3 Å². The number of hydrogen-bond donors (Lipinski definition) is 1. The van der Waals surface area contributed by atoms with Gasteiger partial charge in [0.05, 0.1) is 25.9 Å². The third-order valence-corrected chi connectivity index (χ3v) is 4.08. The Morgan fingerprint density at radius 1 is 1.19 bits per heavy atom. The monoisotopic (exact) mass is 379 g/mol. The third kappa shape index (κ3) is 4.09. The van der Waals surface area contributed by atoms with E-state index in [1.165, 1.54) is 22.2 Å². The predicted octanol–water partition coefficient (Wildman–Crippen LogP) is 0.815. The van der Waals surface area contributed by atoms with Crippen LogP contribution >= 0.6 is 11.3 Å². The number of aliphatic carboxylic acids is 1. The molecule has 10 heteroatoms. The van der Waals surface area contributed by atoms with E-state index < -0.39 is 5.97 Å². The number of aromatic nitrogens is 3. The van der Waals surface area contributed by atoms with E-state index >= 15 is 0 Å². The van der Waals surface area contributed by atoms with E-state index in [9.17, 15) is 4.79 Å². The lowest BCUT2D eigenvalue weighted by Crippen LogP contribution is -2.23. The second-order valence-electron chi connectivity index (χ2n) is 4.85. The molecular weight excluding hydrogens is 362 g/mol. The van der Waals surface area contributed by atoms with Crippen LogP contribution in [-0.4, -0.2) is 47.0 Å². The molecule has 3 aromatic rings. The number of nitrogens with zero attached hydrogens (tertiary/aromatic N) is 3. The van der Waals surface area contributed by atoms with Gasteiger partial charge in [-0.05, 0) is 23.8 Å². The van der Waals surface area contributed by atoms with E-state index in [0.717, 1.165) is 12.5 Å². The molecule has 26 heavy (non-hydrogen) atoms. The average Bonchev–Trinajstić information content (AvgIpc) is 3.17. The summed E-state index contributed by atoms with van der Waals surface area (Å²) in [5.74, 6) is 0.729. The van der Waals surface area contributed by atoms with Gasteiger partial charge in [0, 0.05) is 6.92 Å². The molecule has 0 atom stereocenters. The van der Waals surface area contributed by atoms with Gasteiger partial charge in [0.1, 0.15) is 6.33 Å². The van der Waals surface area contributed by atoms with Crippen molar-refractivity contribution < 1.29 is 24.1 Å². The number of carbonyl (C=O) groups is 1. The van der Waals surface area contributed by atoms with Gasteiger partial charge < -0.3 is 19.3 Å². The van der Waals surface area contributed by atoms with Crippen LogP contribution in [-0.2, 0) is 4.79 Å². The predicted molar refractivity (Wildman–Crippen MR) is 95.3 cm³/mol. The van der Waals surface area contributed by atoms with Crippen LogP contribution in [0.2, 0.25) is 0 Å². The normalized spacial score (nSPS) is 11.0. The number of hydrogen-bond acceptors (Lipinski definition) is 8. The molecular formula is C16H17N3O6S. The molecule has 0 unspecified atom stereocenters. The number of rotatable bonds is 4. The second kappa shape index (κ2) is 8.30. The number of methoxy groups -OCH3 is 3. The molecule has 0 spiro atoms. The first-order valence-electron chi connectivity index (χ1n) is 7.25. The Balaban J connectivity index is 0.000000552. The summed E-state index contributed by atoms with van der Waals surface area (Å²) >= 11 is 1.27. The third-order valence-electron chi connectivity index (χ3n) is 3.11. The summed E-state index contributed by atoms with van der Waals surface area (Å²) in [4.78, 5) is 25.8. The Morgan fingerprint density at radius 2 is 1.77 bits per heavy atom. The first-order valence-corrected chi connectivity index (χ1v) is 8.06. The van der Waals surface area contributed by atoms with Crippen molar-refractivity contribution in [3.63, 3.8) is 0 Å². The molecule has 138 valence electrons. The second-order valence-corrected chi connectivity index (χ2v) is 5.86. The number of carboxylic acid groups (broad SMARTS) is 1. The zero-order chi connectivity index (χ0) is 19.3. The lowest BCUT2D eigenvalue weighted by atomic mass is 10.1. The fourth-order valence-electron chi connectivity index (χ4n) is 2.11. The quantitative estimate of drug-likeness (QED) is 0.709. The molecule has 0 aliphatic rings. The number of benzene rings is 1. The van der Waals surface area contributed by atoms with E-state index in [0.29, 0.717) is 26.7 Å². The molecule has 0 aliphatic carbocycles. The Labute approximate surface area is 152 Å². The minimum absolute atomic E-state index is 0.203. The highest BCUT2D eigenvalue weighted by atomic mass is 32.1. The van der Waals surface area contributed by atoms with E-state index in [2.05, 4.69) is 10.1 Å². The summed E-state index contributed by atoms with van der Waals surface area (Å²) in [6.45, 7) is 1.08. The lowest BCUT2D eigenvalue weighted by molar-refractivity contribution is -0.134. The maximum Gasteiger partial charge on any atom is 0.300 e. The molecule has 2 aromatic heterocycles. The number of carboxylic acids is 1. The Morgan fingerprint density at radius 3 is 2.23 bits per heavy atom. The summed E-state index contributed by atoms with van der Waals surface area (Å²) in [6, 6.07) is 3.55. The van der Waals surface area contributed by atoms with Crippen LogP contribution in [0.1, 0.15) is 12.5 Å². The molecule has 3 rings (SSSR count). The minimum Gasteiger partial charge on any atom is -0.493 e. The molecule has 0 bridgehead atoms. The van der Waals surface area contributed by atoms with Gasteiger partial charge in [0.15, 0.2) is 11.5 Å². The van der Waals surface area contributed by atoms with Crippen LogP contribution in [0.5, 0.6) is 17.2 Å². The van der Waals surface area contributed by atoms with E-state index in [1.807, 2.05) is 0 Å². The van der Waals surface area contributed by atoms with Crippen molar-refractivity contribution in [3.8, 4) is 17.2 Å². The van der Waals surface area contributed by atoms with E-state index in [1.54, 1.807) is 39.5 Å². The van der Waals surface area contributed by atoms with Gasteiger partial charge >= 0.3 is 0 Å². The van der Waals surface area contributed by atoms with Crippen molar-refractivity contribution in [2.75, 3.05) is 21.3 Å². The standard InChI is InChI=1S/C14H13N3O4S.C2H4O2/c1-19-9-4-8(5-10(20-2)12(9)21-3)6-11-13(18)17-14(22-11)15-7-16-17;1-2(3)4/h4-7H,1-3H3;1H3,(H,3,4)/b11-6-;. The molecule has 9 nitrogen and oxygen atoms in total. The Hall–Kier alpha value is -3.14. The minimum atomic E-state index is -0.833. The summed E-state index contributed by atoms with van der Waals surface area (Å²) in [5, 5.41) is 11.3. The molecule has 0 amide bonds. The molecule has 0 fully saturated rings.